The van der Waals surface area contributed by atoms with Crippen LogP contribution in [-0.2, 0) is 28.9 Å². The molecule has 1 amide bonds. The van der Waals surface area contributed by atoms with Gasteiger partial charge in [-0.3, -0.25) is 4.79 Å². The van der Waals surface area contributed by atoms with Gasteiger partial charge in [-0.15, -0.1) is 0 Å². The lowest BCUT2D eigenvalue weighted by Crippen LogP contribution is -2.55. The Morgan fingerprint density at radius 1 is 1.04 bits per heavy atom. The lowest BCUT2D eigenvalue weighted by Gasteiger charge is -2.25. The molecule has 0 atom stereocenters. The molecular weight excluding hydrogens is 342 g/mol. The van der Waals surface area contributed by atoms with Crippen molar-refractivity contribution in [1.29, 1.82) is 0 Å². The lowest BCUT2D eigenvalue weighted by molar-refractivity contribution is -0.147. The third kappa shape index (κ3) is 3.33. The molecule has 1 aliphatic carbocycles. The Morgan fingerprint density at radius 3 is 2.30 bits per heavy atom. The number of fused-ring (bicyclic) bond motifs is 1. The third-order valence-electron chi connectivity index (χ3n) is 4.91. The molecule has 136 valence electrons. The largest absolute Gasteiger partial charge is 0.479 e. The number of nitrogens with one attached hydrogen (secondary N) is 1. The number of hydrogen-bond acceptors (Lipinski definition) is 3. The molecule has 0 unspecified atom stereocenters. The van der Waals surface area contributed by atoms with Gasteiger partial charge >= 0.3 is 5.97 Å². The highest BCUT2D eigenvalue weighted by atomic mass is 16.4. The van der Waals surface area contributed by atoms with Crippen molar-refractivity contribution >= 4 is 11.9 Å². The molecule has 6 heteroatoms. The second-order valence-electron chi connectivity index (χ2n) is 6.86. The summed E-state index contributed by atoms with van der Waals surface area (Å²) in [5.41, 5.74) is 2.29. The number of aliphatic carboxylic acids is 1. The van der Waals surface area contributed by atoms with Gasteiger partial charge in [-0.2, -0.15) is 5.10 Å². The van der Waals surface area contributed by atoms with E-state index in [1.165, 1.54) is 0 Å². The molecule has 0 aliphatic heterocycles. The summed E-state index contributed by atoms with van der Waals surface area (Å²) < 4.78 is 1.70. The van der Waals surface area contributed by atoms with E-state index in [9.17, 15) is 14.7 Å². The predicted molar refractivity (Wildman–Crippen MR) is 99.6 cm³/mol. The Labute approximate surface area is 156 Å². The molecule has 1 aromatic heterocycles. The number of amides is 1. The third-order valence-corrected chi connectivity index (χ3v) is 4.91. The Bertz CT molecular complexity index is 970. The van der Waals surface area contributed by atoms with E-state index in [1.54, 1.807) is 17.1 Å². The van der Waals surface area contributed by atoms with Crippen LogP contribution in [0.1, 0.15) is 16.7 Å². The van der Waals surface area contributed by atoms with Crippen LogP contribution in [0.15, 0.2) is 67.0 Å². The molecule has 0 saturated carbocycles. The first kappa shape index (κ1) is 17.0. The van der Waals surface area contributed by atoms with Crippen molar-refractivity contribution in [2.24, 2.45) is 0 Å². The maximum absolute atomic E-state index is 12.6. The van der Waals surface area contributed by atoms with Gasteiger partial charge in [0.05, 0.1) is 18.3 Å². The summed E-state index contributed by atoms with van der Waals surface area (Å²) >= 11 is 0. The molecule has 2 N–H and O–H groups in total. The quantitative estimate of drug-likeness (QED) is 0.729. The fraction of sp³-hybridized carbons (Fsp3) is 0.190. The summed E-state index contributed by atoms with van der Waals surface area (Å²) in [6, 6.07) is 17.2. The first-order chi connectivity index (χ1) is 13.1. The zero-order chi connectivity index (χ0) is 18.9. The van der Waals surface area contributed by atoms with Crippen molar-refractivity contribution in [2.75, 3.05) is 0 Å². The second-order valence-corrected chi connectivity index (χ2v) is 6.86. The molecule has 0 spiro atoms. The topological polar surface area (TPSA) is 84.2 Å². The number of carboxylic acids is 1. The van der Waals surface area contributed by atoms with Crippen molar-refractivity contribution in [2.45, 2.75) is 24.8 Å². The Morgan fingerprint density at radius 2 is 1.67 bits per heavy atom. The maximum atomic E-state index is 12.6. The molecule has 6 nitrogen and oxygen atoms in total. The van der Waals surface area contributed by atoms with Crippen LogP contribution < -0.4 is 5.32 Å². The van der Waals surface area contributed by atoms with Crippen LogP contribution in [0.2, 0.25) is 0 Å². The van der Waals surface area contributed by atoms with Gasteiger partial charge in [0, 0.05) is 19.0 Å². The molecule has 27 heavy (non-hydrogen) atoms. The lowest BCUT2D eigenvalue weighted by atomic mass is 9.95. The monoisotopic (exact) mass is 361 g/mol. The van der Waals surface area contributed by atoms with Crippen LogP contribution in [0.5, 0.6) is 0 Å². The zero-order valence-electron chi connectivity index (χ0n) is 14.6. The molecule has 2 aromatic carbocycles. The van der Waals surface area contributed by atoms with E-state index in [4.69, 9.17) is 0 Å². The van der Waals surface area contributed by atoms with E-state index in [-0.39, 0.29) is 12.3 Å². The molecule has 0 saturated heterocycles. The average Bonchev–Trinajstić information content (AvgIpc) is 3.27. The number of carbonyl (C=O) groups is 2. The summed E-state index contributed by atoms with van der Waals surface area (Å²) in [4.78, 5) is 24.5. The van der Waals surface area contributed by atoms with Crippen LogP contribution in [0, 0.1) is 0 Å². The maximum Gasteiger partial charge on any atom is 0.330 e. The normalized spacial score (nSPS) is 14.5. The molecule has 0 bridgehead atoms. The van der Waals surface area contributed by atoms with Gasteiger partial charge in [-0.1, -0.05) is 42.5 Å². The predicted octanol–water partition coefficient (Wildman–Crippen LogP) is 2.15. The minimum absolute atomic E-state index is 0.0816. The van der Waals surface area contributed by atoms with Crippen molar-refractivity contribution in [3.8, 4) is 5.69 Å². The number of nitrogens with zero attached hydrogens (tertiary/aromatic N) is 2. The smallest absolute Gasteiger partial charge is 0.330 e. The SMILES string of the molecule is O=C(Cc1cnn(-c2ccccc2)c1)NC1(C(=O)O)Cc2ccccc2C1. The molecule has 0 radical (unpaired) electrons. The first-order valence-corrected chi connectivity index (χ1v) is 8.76. The van der Waals surface area contributed by atoms with Crippen LogP contribution >= 0.6 is 0 Å². The summed E-state index contributed by atoms with van der Waals surface area (Å²) in [7, 11) is 0. The van der Waals surface area contributed by atoms with Gasteiger partial charge in [-0.05, 0) is 28.8 Å². The molecule has 1 heterocycles. The number of carbonyl (C=O) groups excluding carboxylic acids is 1. The Hall–Kier alpha value is -3.41. The van der Waals surface area contributed by atoms with Crippen molar-refractivity contribution in [1.82, 2.24) is 15.1 Å². The van der Waals surface area contributed by atoms with Gasteiger partial charge in [0.2, 0.25) is 5.91 Å². The second kappa shape index (κ2) is 6.72. The van der Waals surface area contributed by atoms with E-state index >= 15 is 0 Å². The van der Waals surface area contributed by atoms with Crippen molar-refractivity contribution in [3.05, 3.63) is 83.7 Å². The molecule has 3 aromatic rings. The highest BCUT2D eigenvalue weighted by molar-refractivity contribution is 5.89. The van der Waals surface area contributed by atoms with E-state index in [1.807, 2.05) is 54.6 Å². The minimum Gasteiger partial charge on any atom is -0.479 e. The van der Waals surface area contributed by atoms with Crippen LogP contribution in [0.3, 0.4) is 0 Å². The molecule has 4 rings (SSSR count). The van der Waals surface area contributed by atoms with E-state index in [0.29, 0.717) is 12.8 Å². The number of para-hydroxylation sites is 1. The van der Waals surface area contributed by atoms with E-state index in [0.717, 1.165) is 22.4 Å². The van der Waals surface area contributed by atoms with E-state index in [2.05, 4.69) is 10.4 Å². The van der Waals surface area contributed by atoms with E-state index < -0.39 is 11.5 Å². The van der Waals surface area contributed by atoms with Gasteiger partial charge in [0.1, 0.15) is 5.54 Å². The standard InChI is InChI=1S/C21H19N3O3/c25-19(10-15-13-22-24(14-15)18-8-2-1-3-9-18)23-21(20(26)27)11-16-6-4-5-7-17(16)12-21/h1-9,13-14H,10-12H2,(H,23,25)(H,26,27). The van der Waals surface area contributed by atoms with Crippen LogP contribution in [-0.4, -0.2) is 32.3 Å². The summed E-state index contributed by atoms with van der Waals surface area (Å²) in [6.45, 7) is 0. The fourth-order valence-electron chi connectivity index (χ4n) is 3.58. The van der Waals surface area contributed by atoms with Gasteiger partial charge in [-0.25, -0.2) is 9.48 Å². The van der Waals surface area contributed by atoms with Crippen LogP contribution in [0.25, 0.3) is 5.69 Å². The highest BCUT2D eigenvalue weighted by Crippen LogP contribution is 2.30. The summed E-state index contributed by atoms with van der Waals surface area (Å²) in [5, 5.41) is 16.8. The Balaban J connectivity index is 1.48. The summed E-state index contributed by atoms with van der Waals surface area (Å²) in [6.07, 6.45) is 4.09. The number of carboxylic acid groups (broad SMARTS) is 1. The minimum atomic E-state index is -1.28. The molecule has 0 fully saturated rings. The van der Waals surface area contributed by atoms with Crippen molar-refractivity contribution < 1.29 is 14.7 Å². The molecule has 1 aliphatic rings. The number of rotatable bonds is 5. The molecular formula is C21H19N3O3. The number of hydrogen-bond donors (Lipinski definition) is 2. The number of benzene rings is 2. The van der Waals surface area contributed by atoms with Crippen LogP contribution in [0.4, 0.5) is 0 Å². The van der Waals surface area contributed by atoms with Gasteiger partial charge in [0.15, 0.2) is 0 Å². The van der Waals surface area contributed by atoms with Gasteiger partial charge in [0.25, 0.3) is 0 Å². The highest BCUT2D eigenvalue weighted by Gasteiger charge is 2.45. The van der Waals surface area contributed by atoms with Gasteiger partial charge < -0.3 is 10.4 Å². The zero-order valence-corrected chi connectivity index (χ0v) is 14.6. The fourth-order valence-corrected chi connectivity index (χ4v) is 3.58. The first-order valence-electron chi connectivity index (χ1n) is 8.76. The Kier molecular flexibility index (Phi) is 4.24. The number of aromatic nitrogens is 2. The van der Waals surface area contributed by atoms with Crippen molar-refractivity contribution in [3.63, 3.8) is 0 Å². The summed E-state index contributed by atoms with van der Waals surface area (Å²) in [5.74, 6) is -1.33. The average molecular weight is 361 g/mol.